The van der Waals surface area contributed by atoms with Crippen LogP contribution in [0.25, 0.3) is 5.69 Å². The van der Waals surface area contributed by atoms with Crippen molar-refractivity contribution >= 4 is 12.0 Å². The molecule has 0 saturated carbocycles. The molecule has 0 N–H and O–H groups in total. The van der Waals surface area contributed by atoms with Crippen LogP contribution in [0.15, 0.2) is 39.0 Å². The Labute approximate surface area is 156 Å². The van der Waals surface area contributed by atoms with Gasteiger partial charge in [0.1, 0.15) is 11.6 Å². The van der Waals surface area contributed by atoms with Gasteiger partial charge < -0.3 is 0 Å². The second-order valence-electron chi connectivity index (χ2n) is 7.75. The summed E-state index contributed by atoms with van der Waals surface area (Å²) in [5.41, 5.74) is 0.312. The van der Waals surface area contributed by atoms with Crippen LogP contribution in [0.5, 0.6) is 0 Å². The Morgan fingerprint density at radius 1 is 1.04 bits per heavy atom. The van der Waals surface area contributed by atoms with Crippen molar-refractivity contribution in [1.29, 1.82) is 0 Å². The van der Waals surface area contributed by atoms with E-state index < -0.39 is 17.2 Å². The Kier molecular flexibility index (Phi) is 4.59. The van der Waals surface area contributed by atoms with Crippen LogP contribution >= 0.6 is 0 Å². The molecule has 0 fully saturated rings. The largest absolute Gasteiger partial charge is 0.351 e. The molecule has 0 amide bonds. The number of nitrogens with zero attached hydrogens (tertiary/aromatic N) is 5. The molecule has 1 aliphatic rings. The first-order chi connectivity index (χ1) is 12.6. The summed E-state index contributed by atoms with van der Waals surface area (Å²) in [6.45, 7) is 6.35. The van der Waals surface area contributed by atoms with Crippen molar-refractivity contribution in [3.05, 3.63) is 56.4 Å². The van der Waals surface area contributed by atoms with E-state index in [1.807, 2.05) is 12.1 Å². The van der Waals surface area contributed by atoms with Crippen LogP contribution in [-0.4, -0.2) is 44.9 Å². The lowest BCUT2D eigenvalue weighted by atomic mass is 9.87. The lowest BCUT2D eigenvalue weighted by Gasteiger charge is -2.22. The first kappa shape index (κ1) is 18.8. The molecule has 0 aliphatic carbocycles. The highest BCUT2D eigenvalue weighted by Gasteiger charge is 2.29. The number of hydrogen-bond acceptors (Lipinski definition) is 6. The maximum Gasteiger partial charge on any atom is 0.351 e. The molecule has 27 heavy (non-hydrogen) atoms. The quantitative estimate of drug-likeness (QED) is 0.782. The van der Waals surface area contributed by atoms with E-state index in [2.05, 4.69) is 31.0 Å². The molecule has 1 atom stereocenters. The fourth-order valence-electron chi connectivity index (χ4n) is 2.98. The van der Waals surface area contributed by atoms with Crippen LogP contribution in [0.4, 0.5) is 0 Å². The summed E-state index contributed by atoms with van der Waals surface area (Å²) in [5.74, 6) is -1.05. The predicted octanol–water partition coefficient (Wildman–Crippen LogP) is 0.813. The highest BCUT2D eigenvalue weighted by molar-refractivity contribution is 6.02. The summed E-state index contributed by atoms with van der Waals surface area (Å²) in [5, 5.41) is 9.63. The van der Waals surface area contributed by atoms with Crippen molar-refractivity contribution in [2.75, 3.05) is 13.6 Å². The zero-order valence-corrected chi connectivity index (χ0v) is 16.1. The lowest BCUT2D eigenvalue weighted by Crippen LogP contribution is -2.44. The fourth-order valence-corrected chi connectivity index (χ4v) is 2.98. The number of likely N-dealkylation sites (N-methyl/N-ethyl adjacent to an activating group) is 1. The molecule has 8 nitrogen and oxygen atoms in total. The van der Waals surface area contributed by atoms with Gasteiger partial charge in [0.2, 0.25) is 0 Å². The Bertz CT molecular complexity index is 1030. The number of Topliss-reactive ketones (excluding diaryl/α,β-unsaturated/α-hetero) is 1. The predicted molar refractivity (Wildman–Crippen MR) is 103 cm³/mol. The Morgan fingerprint density at radius 3 is 2.22 bits per heavy atom. The zero-order valence-electron chi connectivity index (χ0n) is 16.1. The topological polar surface area (TPSA) is 89.6 Å². The number of carbonyl (C=O) groups excluding carboxylic acids is 1. The average molecular weight is 369 g/mol. The van der Waals surface area contributed by atoms with Gasteiger partial charge in [-0.1, -0.05) is 32.9 Å². The van der Waals surface area contributed by atoms with E-state index in [-0.39, 0.29) is 23.4 Å². The molecular formula is C19H23N5O3. The summed E-state index contributed by atoms with van der Waals surface area (Å²) in [6.07, 6.45) is 1.40. The standard InChI is InChI=1S/C19H23N5O3/c1-19(2,3)12-6-8-13(9-7-12)24-17(26)16(21-23(5)18(24)27)14-10-20-22(4)11-15(14)25/h6-10,14H,11H2,1-5H3. The van der Waals surface area contributed by atoms with Gasteiger partial charge in [-0.25, -0.2) is 14.0 Å². The summed E-state index contributed by atoms with van der Waals surface area (Å²) in [7, 11) is 3.13. The number of hydrogen-bond donors (Lipinski definition) is 0. The maximum absolute atomic E-state index is 13.0. The molecule has 0 saturated heterocycles. The number of aromatic nitrogens is 3. The van der Waals surface area contributed by atoms with Gasteiger partial charge in [0, 0.05) is 20.3 Å². The fraction of sp³-hybridized carbons (Fsp3) is 0.421. The molecule has 142 valence electrons. The molecule has 0 bridgehead atoms. The molecule has 2 heterocycles. The van der Waals surface area contributed by atoms with Crippen molar-refractivity contribution in [2.45, 2.75) is 32.1 Å². The second kappa shape index (κ2) is 6.61. The van der Waals surface area contributed by atoms with E-state index in [9.17, 15) is 14.4 Å². The Morgan fingerprint density at radius 2 is 1.67 bits per heavy atom. The van der Waals surface area contributed by atoms with Gasteiger partial charge in [0.15, 0.2) is 5.78 Å². The Hall–Kier alpha value is -3.03. The van der Waals surface area contributed by atoms with Gasteiger partial charge in [0.25, 0.3) is 5.56 Å². The third kappa shape index (κ3) is 3.47. The summed E-state index contributed by atoms with van der Waals surface area (Å²) < 4.78 is 2.13. The van der Waals surface area contributed by atoms with Gasteiger partial charge in [-0.2, -0.15) is 10.2 Å². The minimum Gasteiger partial charge on any atom is -0.296 e. The molecule has 1 unspecified atom stereocenters. The normalized spacial score (nSPS) is 17.4. The van der Waals surface area contributed by atoms with E-state index in [1.165, 1.54) is 18.3 Å². The highest BCUT2D eigenvalue weighted by atomic mass is 16.2. The second-order valence-corrected chi connectivity index (χ2v) is 7.75. The van der Waals surface area contributed by atoms with Gasteiger partial charge in [-0.05, 0) is 23.1 Å². The van der Waals surface area contributed by atoms with Crippen LogP contribution in [0.2, 0.25) is 0 Å². The minimum absolute atomic E-state index is 0.00107. The smallest absolute Gasteiger partial charge is 0.296 e. The molecular weight excluding hydrogens is 346 g/mol. The highest BCUT2D eigenvalue weighted by Crippen LogP contribution is 2.22. The number of aryl methyl sites for hydroxylation is 1. The molecule has 1 aromatic heterocycles. The summed E-state index contributed by atoms with van der Waals surface area (Å²) in [6, 6.07) is 7.25. The van der Waals surface area contributed by atoms with Crippen molar-refractivity contribution in [3.63, 3.8) is 0 Å². The number of ketones is 1. The molecule has 3 rings (SSSR count). The first-order valence-corrected chi connectivity index (χ1v) is 8.68. The first-order valence-electron chi connectivity index (χ1n) is 8.68. The number of hydrazone groups is 1. The molecule has 8 heteroatoms. The molecule has 0 spiro atoms. The summed E-state index contributed by atoms with van der Waals surface area (Å²) >= 11 is 0. The average Bonchev–Trinajstić information content (AvgIpc) is 2.58. The van der Waals surface area contributed by atoms with E-state index >= 15 is 0 Å². The Balaban J connectivity index is 2.16. The van der Waals surface area contributed by atoms with Crippen LogP contribution < -0.4 is 11.2 Å². The van der Waals surface area contributed by atoms with Crippen molar-refractivity contribution in [2.24, 2.45) is 12.1 Å². The maximum atomic E-state index is 13.0. The SMILES string of the molecule is CN1CC(=O)C(c2nn(C)c(=O)n(-c3ccc(C(C)(C)C)cc3)c2=O)C=N1. The van der Waals surface area contributed by atoms with E-state index in [1.54, 1.807) is 19.2 Å². The molecule has 1 aliphatic heterocycles. The van der Waals surface area contributed by atoms with Crippen LogP contribution in [0.3, 0.4) is 0 Å². The lowest BCUT2D eigenvalue weighted by molar-refractivity contribution is -0.120. The zero-order chi connectivity index (χ0) is 19.9. The number of benzene rings is 1. The van der Waals surface area contributed by atoms with Gasteiger partial charge in [0.05, 0.1) is 12.2 Å². The van der Waals surface area contributed by atoms with Crippen LogP contribution in [0.1, 0.15) is 37.9 Å². The molecule has 1 aromatic carbocycles. The number of carbonyl (C=O) groups is 1. The third-order valence-corrected chi connectivity index (χ3v) is 4.58. The van der Waals surface area contributed by atoms with Gasteiger partial charge in [-0.3, -0.25) is 14.6 Å². The van der Waals surface area contributed by atoms with Crippen LogP contribution in [-0.2, 0) is 17.3 Å². The van der Waals surface area contributed by atoms with E-state index in [0.29, 0.717) is 5.69 Å². The van der Waals surface area contributed by atoms with E-state index in [0.717, 1.165) is 14.8 Å². The third-order valence-electron chi connectivity index (χ3n) is 4.58. The van der Waals surface area contributed by atoms with Gasteiger partial charge in [-0.15, -0.1) is 0 Å². The number of rotatable bonds is 2. The minimum atomic E-state index is -0.861. The van der Waals surface area contributed by atoms with Crippen LogP contribution in [0, 0.1) is 0 Å². The van der Waals surface area contributed by atoms with Crippen molar-refractivity contribution in [3.8, 4) is 5.69 Å². The molecule has 2 aromatic rings. The van der Waals surface area contributed by atoms with Gasteiger partial charge >= 0.3 is 5.69 Å². The van der Waals surface area contributed by atoms with Crippen molar-refractivity contribution in [1.82, 2.24) is 19.4 Å². The van der Waals surface area contributed by atoms with E-state index in [4.69, 9.17) is 0 Å². The summed E-state index contributed by atoms with van der Waals surface area (Å²) in [4.78, 5) is 37.9. The van der Waals surface area contributed by atoms with Crippen molar-refractivity contribution < 1.29 is 4.79 Å². The monoisotopic (exact) mass is 369 g/mol. The molecule has 0 radical (unpaired) electrons.